The quantitative estimate of drug-likeness (QED) is 0.520. The van der Waals surface area contributed by atoms with Crippen molar-refractivity contribution in [1.29, 1.82) is 0 Å². The maximum absolute atomic E-state index is 10.9. The minimum Gasteiger partial charge on any atom is -0.393 e. The van der Waals surface area contributed by atoms with Crippen LogP contribution in [0.1, 0.15) is 16.7 Å². The Bertz CT molecular complexity index is 656. The largest absolute Gasteiger partial charge is 0.393 e. The number of aryl methyl sites for hydroxylation is 1. The molecule has 0 aromatic heterocycles. The first-order valence-corrected chi connectivity index (χ1v) is 6.72. The molecule has 2 rings (SSSR count). The Morgan fingerprint density at radius 2 is 1.81 bits per heavy atom. The van der Waals surface area contributed by atoms with Crippen LogP contribution in [0, 0.1) is 17.0 Å². The molecule has 21 heavy (non-hydrogen) atoms. The van der Waals surface area contributed by atoms with E-state index in [0.717, 1.165) is 12.1 Å². The van der Waals surface area contributed by atoms with Crippen molar-refractivity contribution in [2.75, 3.05) is 12.8 Å². The smallest absolute Gasteiger partial charge is 0.292 e. The molecule has 0 aliphatic heterocycles. The first-order valence-electron chi connectivity index (χ1n) is 6.72. The lowest BCUT2D eigenvalue weighted by molar-refractivity contribution is -0.384. The van der Waals surface area contributed by atoms with E-state index in [-0.39, 0.29) is 11.4 Å². The van der Waals surface area contributed by atoms with E-state index in [2.05, 4.69) is 30.0 Å². The summed E-state index contributed by atoms with van der Waals surface area (Å²) in [5.41, 5.74) is 9.11. The van der Waals surface area contributed by atoms with Crippen LogP contribution in [0.5, 0.6) is 0 Å². The fraction of sp³-hybridized carbons (Fsp3) is 0.250. The SMILES string of the molecule is Cc1cccc(CN(C)Cc2ccc(N)c([N+](=O)[O-])c2)c1. The Kier molecular flexibility index (Phi) is 4.55. The van der Waals surface area contributed by atoms with Gasteiger partial charge in [0, 0.05) is 19.2 Å². The molecular formula is C16H19N3O2. The molecule has 110 valence electrons. The second-order valence-electron chi connectivity index (χ2n) is 5.31. The minimum atomic E-state index is -0.445. The van der Waals surface area contributed by atoms with Crippen molar-refractivity contribution in [3.05, 3.63) is 69.3 Å². The zero-order valence-electron chi connectivity index (χ0n) is 12.2. The number of hydrogen-bond donors (Lipinski definition) is 1. The molecule has 5 nitrogen and oxygen atoms in total. The van der Waals surface area contributed by atoms with Crippen LogP contribution in [0.3, 0.4) is 0 Å². The number of rotatable bonds is 5. The second kappa shape index (κ2) is 6.37. The number of nitrogens with zero attached hydrogens (tertiary/aromatic N) is 2. The fourth-order valence-electron chi connectivity index (χ4n) is 2.34. The van der Waals surface area contributed by atoms with Crippen LogP contribution in [-0.2, 0) is 13.1 Å². The van der Waals surface area contributed by atoms with Gasteiger partial charge in [0.15, 0.2) is 0 Å². The van der Waals surface area contributed by atoms with Crippen molar-refractivity contribution in [1.82, 2.24) is 4.90 Å². The maximum atomic E-state index is 10.9. The molecule has 5 heteroatoms. The van der Waals surface area contributed by atoms with E-state index >= 15 is 0 Å². The van der Waals surface area contributed by atoms with E-state index in [1.54, 1.807) is 12.1 Å². The highest BCUT2D eigenvalue weighted by atomic mass is 16.6. The Morgan fingerprint density at radius 1 is 1.14 bits per heavy atom. The van der Waals surface area contributed by atoms with Crippen molar-refractivity contribution in [2.45, 2.75) is 20.0 Å². The van der Waals surface area contributed by atoms with Gasteiger partial charge in [-0.3, -0.25) is 15.0 Å². The van der Waals surface area contributed by atoms with E-state index < -0.39 is 4.92 Å². The van der Waals surface area contributed by atoms with Gasteiger partial charge in [0.2, 0.25) is 0 Å². The normalized spacial score (nSPS) is 10.8. The molecule has 0 spiro atoms. The van der Waals surface area contributed by atoms with Gasteiger partial charge in [-0.2, -0.15) is 0 Å². The van der Waals surface area contributed by atoms with Crippen LogP contribution in [0.2, 0.25) is 0 Å². The lowest BCUT2D eigenvalue weighted by atomic mass is 10.1. The van der Waals surface area contributed by atoms with Gasteiger partial charge in [-0.1, -0.05) is 35.9 Å². The number of nitro benzene ring substituents is 1. The topological polar surface area (TPSA) is 72.4 Å². The van der Waals surface area contributed by atoms with Crippen LogP contribution in [0.25, 0.3) is 0 Å². The molecule has 0 fully saturated rings. The fourth-order valence-corrected chi connectivity index (χ4v) is 2.34. The first-order chi connectivity index (χ1) is 9.95. The Hall–Kier alpha value is -2.40. The van der Waals surface area contributed by atoms with Crippen LogP contribution in [0.4, 0.5) is 11.4 Å². The van der Waals surface area contributed by atoms with Gasteiger partial charge in [0.25, 0.3) is 5.69 Å². The average molecular weight is 285 g/mol. The van der Waals surface area contributed by atoms with Crippen molar-refractivity contribution >= 4 is 11.4 Å². The van der Waals surface area contributed by atoms with Crippen LogP contribution in [0.15, 0.2) is 42.5 Å². The molecule has 0 unspecified atom stereocenters. The molecule has 0 amide bonds. The third-order valence-corrected chi connectivity index (χ3v) is 3.28. The van der Waals surface area contributed by atoms with E-state index in [0.29, 0.717) is 6.54 Å². The lowest BCUT2D eigenvalue weighted by Crippen LogP contribution is -2.17. The highest BCUT2D eigenvalue weighted by Gasteiger charge is 2.12. The predicted molar refractivity (Wildman–Crippen MR) is 83.9 cm³/mol. The third-order valence-electron chi connectivity index (χ3n) is 3.28. The first kappa shape index (κ1) is 15.0. The van der Waals surface area contributed by atoms with Gasteiger partial charge in [0.05, 0.1) is 4.92 Å². The summed E-state index contributed by atoms with van der Waals surface area (Å²) >= 11 is 0. The standard InChI is InChI=1S/C16H19N3O2/c1-12-4-3-5-13(8-12)10-18(2)11-14-6-7-15(17)16(9-14)19(20)21/h3-9H,10-11,17H2,1-2H3. The second-order valence-corrected chi connectivity index (χ2v) is 5.31. The summed E-state index contributed by atoms with van der Waals surface area (Å²) in [7, 11) is 1.99. The van der Waals surface area contributed by atoms with Crippen molar-refractivity contribution in [3.8, 4) is 0 Å². The minimum absolute atomic E-state index is 0.0311. The van der Waals surface area contributed by atoms with Crippen molar-refractivity contribution < 1.29 is 4.92 Å². The average Bonchev–Trinajstić information content (AvgIpc) is 2.40. The molecule has 2 aromatic carbocycles. The lowest BCUT2D eigenvalue weighted by Gasteiger charge is -2.17. The Balaban J connectivity index is 2.07. The number of nitrogens with two attached hydrogens (primary N) is 1. The summed E-state index contributed by atoms with van der Waals surface area (Å²) < 4.78 is 0. The van der Waals surface area contributed by atoms with Crippen molar-refractivity contribution in [2.24, 2.45) is 0 Å². The van der Waals surface area contributed by atoms with Gasteiger partial charge >= 0.3 is 0 Å². The van der Waals surface area contributed by atoms with E-state index in [9.17, 15) is 10.1 Å². The van der Waals surface area contributed by atoms with Gasteiger partial charge in [-0.15, -0.1) is 0 Å². The summed E-state index contributed by atoms with van der Waals surface area (Å²) in [5.74, 6) is 0. The van der Waals surface area contributed by atoms with E-state index in [1.807, 2.05) is 19.2 Å². The van der Waals surface area contributed by atoms with Gasteiger partial charge < -0.3 is 5.73 Å². The van der Waals surface area contributed by atoms with Crippen LogP contribution >= 0.6 is 0 Å². The highest BCUT2D eigenvalue weighted by molar-refractivity contribution is 5.59. The summed E-state index contributed by atoms with van der Waals surface area (Å²) in [4.78, 5) is 12.6. The molecule has 0 saturated heterocycles. The molecule has 2 N–H and O–H groups in total. The molecular weight excluding hydrogens is 266 g/mol. The predicted octanol–water partition coefficient (Wildman–Crippen LogP) is 3.12. The number of benzene rings is 2. The van der Waals surface area contributed by atoms with Crippen molar-refractivity contribution in [3.63, 3.8) is 0 Å². The van der Waals surface area contributed by atoms with Gasteiger partial charge in [-0.05, 0) is 31.2 Å². The molecule has 0 heterocycles. The highest BCUT2D eigenvalue weighted by Crippen LogP contribution is 2.23. The summed E-state index contributed by atoms with van der Waals surface area (Å²) in [6.07, 6.45) is 0. The molecule has 0 saturated carbocycles. The number of nitro groups is 1. The molecule has 0 radical (unpaired) electrons. The van der Waals surface area contributed by atoms with E-state index in [4.69, 9.17) is 5.73 Å². The zero-order valence-corrected chi connectivity index (χ0v) is 12.2. The zero-order chi connectivity index (χ0) is 15.4. The number of anilines is 1. The molecule has 0 atom stereocenters. The molecule has 0 aliphatic carbocycles. The summed E-state index contributed by atoms with van der Waals surface area (Å²) in [6, 6.07) is 13.3. The summed E-state index contributed by atoms with van der Waals surface area (Å²) in [6.45, 7) is 3.49. The monoisotopic (exact) mass is 285 g/mol. The Morgan fingerprint density at radius 3 is 2.43 bits per heavy atom. The molecule has 0 bridgehead atoms. The van der Waals surface area contributed by atoms with Gasteiger partial charge in [-0.25, -0.2) is 0 Å². The van der Waals surface area contributed by atoms with Gasteiger partial charge in [0.1, 0.15) is 5.69 Å². The van der Waals surface area contributed by atoms with Crippen LogP contribution in [-0.4, -0.2) is 16.9 Å². The molecule has 0 aliphatic rings. The maximum Gasteiger partial charge on any atom is 0.292 e. The summed E-state index contributed by atoms with van der Waals surface area (Å²) in [5, 5.41) is 10.9. The Labute approximate surface area is 124 Å². The number of hydrogen-bond acceptors (Lipinski definition) is 4. The molecule has 2 aromatic rings. The van der Waals surface area contributed by atoms with E-state index in [1.165, 1.54) is 11.1 Å². The van der Waals surface area contributed by atoms with Crippen LogP contribution < -0.4 is 5.73 Å². The number of nitrogen functional groups attached to an aromatic ring is 1. The third kappa shape index (κ3) is 4.03.